The molecule has 1 aliphatic heterocycles. The quantitative estimate of drug-likeness (QED) is 0.664. The molecule has 3 aromatic rings. The molecule has 0 N–H and O–H groups in total. The van der Waals surface area contributed by atoms with Crippen LogP contribution < -0.4 is 4.74 Å². The summed E-state index contributed by atoms with van der Waals surface area (Å²) >= 11 is 0. The number of aromatic nitrogens is 2. The van der Waals surface area contributed by atoms with Crippen LogP contribution in [0.3, 0.4) is 0 Å². The zero-order chi connectivity index (χ0) is 20.3. The molecule has 4 rings (SSSR count). The Bertz CT molecular complexity index is 1240. The lowest BCUT2D eigenvalue weighted by Gasteiger charge is -2.33. The average Bonchev–Trinajstić information content (AvgIpc) is 2.99. The van der Waals surface area contributed by atoms with Gasteiger partial charge in [0.2, 0.25) is 5.72 Å². The van der Waals surface area contributed by atoms with Gasteiger partial charge in [0.05, 0.1) is 16.6 Å². The average molecular weight is 398 g/mol. The van der Waals surface area contributed by atoms with Crippen LogP contribution in [0.25, 0.3) is 11.0 Å². The van der Waals surface area contributed by atoms with Gasteiger partial charge in [-0.3, -0.25) is 4.57 Å². The minimum Gasteiger partial charge on any atom is -0.465 e. The van der Waals surface area contributed by atoms with Crippen LogP contribution in [0.2, 0.25) is 0 Å². The molecule has 1 aromatic heterocycles. The molecule has 0 aliphatic carbocycles. The third kappa shape index (κ3) is 3.20. The van der Waals surface area contributed by atoms with Gasteiger partial charge in [-0.15, -0.1) is 0 Å². The molecule has 2 aromatic carbocycles. The number of imidazole rings is 1. The Morgan fingerprint density at radius 1 is 1.14 bits per heavy atom. The van der Waals surface area contributed by atoms with Crippen LogP contribution in [-0.4, -0.2) is 41.5 Å². The summed E-state index contributed by atoms with van der Waals surface area (Å²) in [6.45, 7) is 7.78. The van der Waals surface area contributed by atoms with E-state index in [0.717, 1.165) is 27.7 Å². The van der Waals surface area contributed by atoms with Gasteiger partial charge in [-0.1, -0.05) is 12.1 Å². The smallest absolute Gasteiger partial charge is 0.213 e. The van der Waals surface area contributed by atoms with E-state index in [2.05, 4.69) is 18.0 Å². The highest BCUT2D eigenvalue weighted by molar-refractivity contribution is 7.90. The molecular weight excluding hydrogens is 374 g/mol. The number of nitrogens with zero attached hydrogens (tertiary/aromatic N) is 3. The van der Waals surface area contributed by atoms with E-state index in [9.17, 15) is 8.42 Å². The monoisotopic (exact) mass is 397 g/mol. The first-order valence-electron chi connectivity index (χ1n) is 9.08. The van der Waals surface area contributed by atoms with Gasteiger partial charge in [0, 0.05) is 6.26 Å². The summed E-state index contributed by atoms with van der Waals surface area (Å²) in [4.78, 5) is 9.34. The number of fused-ring (bicyclic) bond motifs is 2. The fourth-order valence-corrected chi connectivity index (χ4v) is 4.76. The van der Waals surface area contributed by atoms with E-state index in [1.165, 1.54) is 11.8 Å². The fraction of sp³-hybridized carbons (Fsp3) is 0.333. The summed E-state index contributed by atoms with van der Waals surface area (Å²) in [5.41, 5.74) is 4.76. The van der Waals surface area contributed by atoms with E-state index in [-0.39, 0.29) is 5.75 Å². The van der Waals surface area contributed by atoms with Crippen molar-refractivity contribution in [3.05, 3.63) is 58.9 Å². The Hall–Kier alpha value is -2.67. The van der Waals surface area contributed by atoms with Gasteiger partial charge in [0.1, 0.15) is 23.7 Å². The summed E-state index contributed by atoms with van der Waals surface area (Å²) in [5.74, 6) is 1.06. The first-order chi connectivity index (χ1) is 13.1. The van der Waals surface area contributed by atoms with E-state index in [4.69, 9.17) is 9.73 Å². The van der Waals surface area contributed by atoms with Crippen molar-refractivity contribution in [3.63, 3.8) is 0 Å². The van der Waals surface area contributed by atoms with Crippen molar-refractivity contribution in [2.24, 2.45) is 4.99 Å². The molecule has 0 bridgehead atoms. The van der Waals surface area contributed by atoms with E-state index in [0.29, 0.717) is 11.6 Å². The van der Waals surface area contributed by atoms with Crippen molar-refractivity contribution in [1.82, 2.24) is 9.55 Å². The lowest BCUT2D eigenvalue weighted by atomic mass is 10.1. The highest BCUT2D eigenvalue weighted by Gasteiger charge is 2.37. The van der Waals surface area contributed by atoms with Crippen LogP contribution in [0.4, 0.5) is 0 Å². The van der Waals surface area contributed by atoms with Crippen molar-refractivity contribution < 1.29 is 13.2 Å². The number of sulfone groups is 1. The van der Waals surface area contributed by atoms with Crippen LogP contribution >= 0.6 is 0 Å². The van der Waals surface area contributed by atoms with Crippen molar-refractivity contribution in [2.75, 3.05) is 12.0 Å². The minimum atomic E-state index is -3.30. The van der Waals surface area contributed by atoms with Gasteiger partial charge in [-0.25, -0.2) is 18.4 Å². The van der Waals surface area contributed by atoms with Gasteiger partial charge in [0.15, 0.2) is 9.84 Å². The Morgan fingerprint density at radius 3 is 2.61 bits per heavy atom. The number of aliphatic imine (C=N–C) groups is 1. The summed E-state index contributed by atoms with van der Waals surface area (Å²) < 4.78 is 32.0. The third-order valence-corrected chi connectivity index (χ3v) is 6.11. The highest BCUT2D eigenvalue weighted by Crippen LogP contribution is 2.34. The maximum absolute atomic E-state index is 12.0. The van der Waals surface area contributed by atoms with E-state index >= 15 is 0 Å². The first-order valence-corrected chi connectivity index (χ1v) is 11.1. The molecule has 1 aliphatic rings. The third-order valence-electron chi connectivity index (χ3n) is 5.05. The van der Waals surface area contributed by atoms with Crippen molar-refractivity contribution in [1.29, 1.82) is 0 Å². The highest BCUT2D eigenvalue weighted by atomic mass is 32.2. The maximum Gasteiger partial charge on any atom is 0.213 e. The summed E-state index contributed by atoms with van der Waals surface area (Å²) in [6, 6.07) is 9.94. The molecule has 2 heterocycles. The summed E-state index contributed by atoms with van der Waals surface area (Å²) in [7, 11) is -3.30. The molecule has 0 saturated carbocycles. The Morgan fingerprint density at radius 2 is 1.89 bits per heavy atom. The van der Waals surface area contributed by atoms with E-state index < -0.39 is 15.6 Å². The zero-order valence-corrected chi connectivity index (χ0v) is 17.5. The van der Waals surface area contributed by atoms with Gasteiger partial charge < -0.3 is 4.74 Å². The number of rotatable bonds is 2. The minimum absolute atomic E-state index is 0.207. The van der Waals surface area contributed by atoms with E-state index in [1.54, 1.807) is 13.3 Å². The lowest BCUT2D eigenvalue weighted by Crippen LogP contribution is -2.42. The number of aryl methyl sites for hydroxylation is 3. The van der Waals surface area contributed by atoms with Gasteiger partial charge in [-0.2, -0.15) is 0 Å². The number of hydrogen-bond acceptors (Lipinski definition) is 5. The molecule has 1 atom stereocenters. The molecule has 0 radical (unpaired) electrons. The van der Waals surface area contributed by atoms with Crippen molar-refractivity contribution in [3.8, 4) is 5.75 Å². The molecule has 6 nitrogen and oxygen atoms in total. The van der Waals surface area contributed by atoms with Crippen LogP contribution in [0.1, 0.15) is 29.2 Å². The fourth-order valence-electron chi connectivity index (χ4n) is 3.67. The maximum atomic E-state index is 12.0. The largest absolute Gasteiger partial charge is 0.465 e. The molecule has 7 heteroatoms. The number of ether oxygens (including phenoxy) is 1. The lowest BCUT2D eigenvalue weighted by molar-refractivity contribution is 0.118. The van der Waals surface area contributed by atoms with Crippen LogP contribution in [0.5, 0.6) is 5.75 Å². The molecule has 146 valence electrons. The normalized spacial score (nSPS) is 19.2. The second kappa shape index (κ2) is 6.17. The van der Waals surface area contributed by atoms with Crippen LogP contribution in [0.15, 0.2) is 41.7 Å². The second-order valence-corrected chi connectivity index (χ2v) is 9.91. The standard InChI is InChI=1S/C21H23N3O3S/c1-13-6-8-16-18(10-13)27-21(4,11-28(5,25)26)23-20(16)24-12-22-19-15(3)14(2)7-9-17(19)24/h6-10,12H,11H2,1-5H3. The Kier molecular flexibility index (Phi) is 4.12. The SMILES string of the molecule is Cc1ccc2c(c1)OC(C)(CS(C)(=O)=O)N=C2n1cnc2c(C)c(C)ccc21. The molecule has 0 fully saturated rings. The second-order valence-electron chi connectivity index (χ2n) is 7.77. The Labute approximate surface area is 164 Å². The van der Waals surface area contributed by atoms with Gasteiger partial charge in [0.25, 0.3) is 0 Å². The first kappa shape index (κ1) is 18.7. The zero-order valence-electron chi connectivity index (χ0n) is 16.6. The molecular formula is C21H23N3O3S. The summed E-state index contributed by atoms with van der Waals surface area (Å²) in [6.07, 6.45) is 2.94. The molecule has 0 amide bonds. The number of hydrogen-bond donors (Lipinski definition) is 0. The predicted octanol–water partition coefficient (Wildman–Crippen LogP) is 3.41. The van der Waals surface area contributed by atoms with Crippen LogP contribution in [-0.2, 0) is 9.84 Å². The van der Waals surface area contributed by atoms with Crippen molar-refractivity contribution >= 4 is 26.7 Å². The Balaban J connectivity index is 1.97. The van der Waals surface area contributed by atoms with Crippen molar-refractivity contribution in [2.45, 2.75) is 33.4 Å². The predicted molar refractivity (Wildman–Crippen MR) is 111 cm³/mol. The summed E-state index contributed by atoms with van der Waals surface area (Å²) in [5, 5.41) is 0. The van der Waals surface area contributed by atoms with Gasteiger partial charge >= 0.3 is 0 Å². The number of benzene rings is 2. The molecule has 0 spiro atoms. The topological polar surface area (TPSA) is 73.6 Å². The van der Waals surface area contributed by atoms with Crippen LogP contribution in [0, 0.1) is 20.8 Å². The van der Waals surface area contributed by atoms with Gasteiger partial charge in [-0.05, 0) is 62.6 Å². The molecule has 28 heavy (non-hydrogen) atoms. The molecule has 0 saturated heterocycles. The molecule has 1 unspecified atom stereocenters. The van der Waals surface area contributed by atoms with E-state index in [1.807, 2.05) is 42.7 Å².